The average Bonchev–Trinajstić information content (AvgIpc) is 3.22. The first-order valence-electron chi connectivity index (χ1n) is 16.6. The van der Waals surface area contributed by atoms with Crippen LogP contribution in [0.15, 0.2) is 23.3 Å². The topological polar surface area (TPSA) is 138 Å². The highest BCUT2D eigenvalue weighted by atomic mass is 32.2. The monoisotopic (exact) mass is 529 g/mol. The number of aliphatic hydroxyl groups is 3. The highest BCUT2D eigenvalue weighted by molar-refractivity contribution is 7.99. The molecule has 6 atom stereocenters. The lowest BCUT2D eigenvalue weighted by Crippen LogP contribution is -2.33. The molecule has 0 spiro atoms. The van der Waals surface area contributed by atoms with Crippen molar-refractivity contribution in [2.24, 2.45) is 0 Å². The predicted molar refractivity (Wildman–Crippen MR) is 133 cm³/mol. The molecule has 0 amide bonds. The number of aliphatic hydroxyl groups excluding tert-OH is 2. The Morgan fingerprint density at radius 1 is 1.36 bits per heavy atom. The molecule has 2 heterocycles. The first kappa shape index (κ1) is 15.1. The number of nitrogens with zero attached hydrogens (tertiary/aromatic N) is 5. The van der Waals surface area contributed by atoms with Crippen LogP contribution < -0.4 is 5.32 Å². The van der Waals surface area contributed by atoms with Crippen molar-refractivity contribution in [3.05, 3.63) is 35.1 Å². The molecule has 5 rings (SSSR count). The maximum Gasteiger partial charge on any atom is 0.191 e. The Bertz CT molecular complexity index is 1690. The number of ether oxygens (including phenoxy) is 1. The first-order chi connectivity index (χ1) is 21.5. The zero-order valence-corrected chi connectivity index (χ0v) is 20.0. The van der Waals surface area contributed by atoms with Crippen molar-refractivity contribution < 1.29 is 39.5 Å². The van der Waals surface area contributed by atoms with Gasteiger partial charge in [-0.1, -0.05) is 36.0 Å². The van der Waals surface area contributed by atoms with Gasteiger partial charge in [-0.05, 0) is 36.9 Å². The van der Waals surface area contributed by atoms with Gasteiger partial charge in [0.15, 0.2) is 22.1 Å². The fourth-order valence-corrected chi connectivity index (χ4v) is 4.56. The van der Waals surface area contributed by atoms with Crippen LogP contribution in [0.2, 0.25) is 0 Å². The Kier molecular flexibility index (Phi) is 4.43. The van der Waals surface area contributed by atoms with Gasteiger partial charge >= 0.3 is 0 Å². The number of nitrogens with one attached hydrogen (secondary N) is 1. The summed E-state index contributed by atoms with van der Waals surface area (Å²) in [5.41, 5.74) is -2.62. The Hall–Kier alpha value is -2.38. The third-order valence-corrected chi connectivity index (χ3v) is 6.72. The van der Waals surface area contributed by atoms with Gasteiger partial charge in [-0.3, -0.25) is 0 Å². The minimum absolute atomic E-state index is 0.0342. The summed E-state index contributed by atoms with van der Waals surface area (Å²) in [5.74, 6) is -2.46. The predicted octanol–water partition coefficient (Wildman–Crippen LogP) is 2.18. The van der Waals surface area contributed by atoms with E-state index < -0.39 is 85.5 Å². The van der Waals surface area contributed by atoms with Crippen molar-refractivity contribution in [3.8, 4) is 0 Å². The van der Waals surface area contributed by atoms with E-state index in [1.54, 1.807) is 6.92 Å². The Morgan fingerprint density at radius 3 is 2.97 bits per heavy atom. The highest BCUT2D eigenvalue weighted by Crippen LogP contribution is 2.44. The SMILES string of the molecule is [2H]c1c([2H])c([C@H]2[C@H](Nc3nc(SC([2H])([2H])CC)nc4c3nnn4[C@@H]3C[C@H](OC([2H])([2H])C([2H])([2H])O)[C@@H](O)[C@H]3O)C2([2H])[2H])c([2H])c(F)c1C. The van der Waals surface area contributed by atoms with Crippen LogP contribution in [-0.4, -0.2) is 83.5 Å². The number of halogens is 1. The molecule has 12 heteroatoms. The summed E-state index contributed by atoms with van der Waals surface area (Å²) >= 11 is 0.615. The summed E-state index contributed by atoms with van der Waals surface area (Å²) in [4.78, 5) is 8.67. The molecule has 2 saturated carbocycles. The van der Waals surface area contributed by atoms with Crippen molar-refractivity contribution in [1.82, 2.24) is 25.0 Å². The van der Waals surface area contributed by atoms with E-state index >= 15 is 0 Å². The van der Waals surface area contributed by atoms with Gasteiger partial charge in [-0.2, -0.15) is 0 Å². The molecule has 36 heavy (non-hydrogen) atoms. The summed E-state index contributed by atoms with van der Waals surface area (Å²) in [6.07, 6.45) is -7.46. The molecule has 1 aromatic carbocycles. The van der Waals surface area contributed by atoms with E-state index in [1.807, 2.05) is 0 Å². The quantitative estimate of drug-likeness (QED) is 0.228. The smallest absolute Gasteiger partial charge is 0.191 e. The Morgan fingerprint density at radius 2 is 2.19 bits per heavy atom. The van der Waals surface area contributed by atoms with E-state index in [-0.39, 0.29) is 46.1 Å². The molecule has 4 N–H and O–H groups in total. The van der Waals surface area contributed by atoms with E-state index in [0.29, 0.717) is 11.8 Å². The van der Waals surface area contributed by atoms with E-state index in [9.17, 15) is 19.7 Å². The molecule has 2 aliphatic rings. The fourth-order valence-electron chi connectivity index (χ4n) is 4.02. The van der Waals surface area contributed by atoms with Crippen molar-refractivity contribution in [2.45, 2.75) is 74.5 Å². The number of aromatic nitrogens is 5. The number of anilines is 1. The number of fused-ring (bicyclic) bond motifs is 1. The second-order valence-electron chi connectivity index (χ2n) is 8.31. The van der Waals surface area contributed by atoms with Crippen molar-refractivity contribution in [2.75, 3.05) is 24.1 Å². The van der Waals surface area contributed by atoms with Gasteiger partial charge in [0.1, 0.15) is 18.0 Å². The van der Waals surface area contributed by atoms with Crippen LogP contribution in [-0.2, 0) is 4.74 Å². The lowest BCUT2D eigenvalue weighted by molar-refractivity contribution is -0.0629. The Balaban J connectivity index is 1.55. The third kappa shape index (κ3) is 4.92. The maximum absolute atomic E-state index is 14.8. The van der Waals surface area contributed by atoms with Crippen LogP contribution >= 0.6 is 11.8 Å². The van der Waals surface area contributed by atoms with E-state index in [4.69, 9.17) is 19.8 Å². The van der Waals surface area contributed by atoms with Gasteiger partial charge in [0.25, 0.3) is 0 Å². The van der Waals surface area contributed by atoms with Gasteiger partial charge in [0, 0.05) is 29.6 Å². The van der Waals surface area contributed by atoms with Crippen LogP contribution in [0.5, 0.6) is 0 Å². The molecule has 0 saturated heterocycles. The van der Waals surface area contributed by atoms with Gasteiger partial charge in [-0.15, -0.1) is 5.10 Å². The van der Waals surface area contributed by atoms with Crippen molar-refractivity contribution >= 4 is 28.7 Å². The summed E-state index contributed by atoms with van der Waals surface area (Å²) in [7, 11) is 0. The van der Waals surface area contributed by atoms with E-state index in [2.05, 4.69) is 25.6 Å². The van der Waals surface area contributed by atoms with Crippen molar-refractivity contribution in [1.29, 1.82) is 0 Å². The van der Waals surface area contributed by atoms with Crippen LogP contribution in [0.3, 0.4) is 0 Å². The first-order valence-corrected chi connectivity index (χ1v) is 12.0. The molecular formula is C24H31FN6O4S. The lowest BCUT2D eigenvalue weighted by atomic mass is 10.1. The molecule has 0 unspecified atom stereocenters. The molecule has 3 aromatic rings. The standard InChI is InChI=1S/C24H31FN6O4S/c1-3-8-36-24-27-22(26-16-10-14(16)13-5-4-12(2)15(25)9-13)19-23(28-24)31(30-29-19)17-11-18(35-7-6-32)21(34)20(17)33/h4-5,9,14,16-18,20-21,32-34H,3,6-8,10-11H2,1-2H3,(H,26,27,28)/t14-,16+,17+,18-,20-,21+/m0/s1/i4D,5D,6D2,7D2,8D2,9D,10D2. The lowest BCUT2D eigenvalue weighted by Gasteiger charge is -2.17. The summed E-state index contributed by atoms with van der Waals surface area (Å²) in [6.45, 7) is -3.89. The third-order valence-electron chi connectivity index (χ3n) is 5.92. The fraction of sp³-hybridized carbons (Fsp3) is 0.583. The summed E-state index contributed by atoms with van der Waals surface area (Å²) in [5, 5.41) is 41.8. The number of rotatable bonds is 10. The van der Waals surface area contributed by atoms with Gasteiger partial charge < -0.3 is 25.4 Å². The molecule has 2 fully saturated rings. The zero-order chi connectivity index (χ0) is 35.2. The second kappa shape index (κ2) is 10.5. The molecule has 2 aliphatic carbocycles. The molecule has 0 aliphatic heterocycles. The molecular weight excluding hydrogens is 487 g/mol. The van der Waals surface area contributed by atoms with E-state index in [1.165, 1.54) is 6.92 Å². The number of hydrogen-bond donors (Lipinski definition) is 4. The minimum Gasteiger partial charge on any atom is -0.394 e. The van der Waals surface area contributed by atoms with Crippen LogP contribution in [0.4, 0.5) is 10.2 Å². The van der Waals surface area contributed by atoms with E-state index in [0.717, 1.165) is 4.68 Å². The normalized spacial score (nSPS) is 34.7. The summed E-state index contributed by atoms with van der Waals surface area (Å²) < 4.78 is 109. The average molecular weight is 530 g/mol. The van der Waals surface area contributed by atoms with Gasteiger partial charge in [0.2, 0.25) is 0 Å². The Labute approximate surface area is 227 Å². The van der Waals surface area contributed by atoms with Crippen LogP contribution in [0, 0.1) is 12.7 Å². The molecule has 10 nitrogen and oxygen atoms in total. The number of benzene rings is 1. The molecule has 194 valence electrons. The highest BCUT2D eigenvalue weighted by Gasteiger charge is 2.45. The molecule has 2 aromatic heterocycles. The second-order valence-corrected chi connectivity index (χ2v) is 9.17. The largest absolute Gasteiger partial charge is 0.394 e. The zero-order valence-electron chi connectivity index (χ0n) is 30.2. The van der Waals surface area contributed by atoms with Crippen LogP contribution in [0.25, 0.3) is 11.2 Å². The minimum atomic E-state index is -3.45. The number of thioether (sulfide) groups is 1. The van der Waals surface area contributed by atoms with Gasteiger partial charge in [-0.25, -0.2) is 19.0 Å². The van der Waals surface area contributed by atoms with Crippen molar-refractivity contribution in [3.63, 3.8) is 0 Å². The summed E-state index contributed by atoms with van der Waals surface area (Å²) in [6, 6.07) is -4.11. The molecule has 0 radical (unpaired) electrons. The van der Waals surface area contributed by atoms with Crippen LogP contribution in [0.1, 0.15) is 64.3 Å². The van der Waals surface area contributed by atoms with Gasteiger partial charge in [0.05, 0.1) is 34.9 Å². The maximum atomic E-state index is 14.8. The molecule has 0 bridgehead atoms. The number of hydrogen-bond acceptors (Lipinski definition) is 10.